The van der Waals surface area contributed by atoms with Gasteiger partial charge in [0.15, 0.2) is 0 Å². The number of rotatable bonds is 3. The lowest BCUT2D eigenvalue weighted by Crippen LogP contribution is -2.10. The van der Waals surface area contributed by atoms with Crippen LogP contribution in [-0.4, -0.2) is 13.0 Å². The average molecular weight is 193 g/mol. The molecule has 0 aliphatic carbocycles. The third-order valence-electron chi connectivity index (χ3n) is 1.95. The van der Waals surface area contributed by atoms with E-state index in [1.807, 2.05) is 32.0 Å². The summed E-state index contributed by atoms with van der Waals surface area (Å²) in [6.07, 6.45) is 0.469. The first-order valence-corrected chi connectivity index (χ1v) is 4.62. The predicted octanol–water partition coefficient (Wildman–Crippen LogP) is 2.35. The SMILES string of the molecule is CCC(=O)Nc1cc(C)ccc1OC. The lowest BCUT2D eigenvalue weighted by atomic mass is 10.2. The maximum absolute atomic E-state index is 11.2. The summed E-state index contributed by atoms with van der Waals surface area (Å²) in [5.74, 6) is 0.686. The molecule has 0 fully saturated rings. The zero-order valence-corrected chi connectivity index (χ0v) is 8.76. The van der Waals surface area contributed by atoms with E-state index in [-0.39, 0.29) is 5.91 Å². The van der Waals surface area contributed by atoms with Crippen LogP contribution in [0.2, 0.25) is 0 Å². The number of benzene rings is 1. The molecule has 0 aliphatic rings. The number of ether oxygens (including phenoxy) is 1. The van der Waals surface area contributed by atoms with Gasteiger partial charge in [0.05, 0.1) is 12.8 Å². The largest absolute Gasteiger partial charge is 0.495 e. The molecule has 1 aromatic rings. The number of carbonyl (C=O) groups is 1. The Kier molecular flexibility index (Phi) is 3.51. The highest BCUT2D eigenvalue weighted by Crippen LogP contribution is 2.25. The molecule has 1 N–H and O–H groups in total. The second-order valence-corrected chi connectivity index (χ2v) is 3.11. The Hall–Kier alpha value is -1.51. The maximum Gasteiger partial charge on any atom is 0.224 e. The van der Waals surface area contributed by atoms with E-state index in [0.717, 1.165) is 11.3 Å². The molecular weight excluding hydrogens is 178 g/mol. The molecule has 1 aromatic carbocycles. The van der Waals surface area contributed by atoms with Crippen molar-refractivity contribution in [1.29, 1.82) is 0 Å². The average Bonchev–Trinajstić information content (AvgIpc) is 2.18. The van der Waals surface area contributed by atoms with Gasteiger partial charge in [0.1, 0.15) is 5.75 Å². The quantitative estimate of drug-likeness (QED) is 0.800. The van der Waals surface area contributed by atoms with Crippen LogP contribution in [-0.2, 0) is 4.79 Å². The molecule has 0 bridgehead atoms. The lowest BCUT2D eigenvalue weighted by Gasteiger charge is -2.09. The van der Waals surface area contributed by atoms with Crippen LogP contribution in [0.5, 0.6) is 5.75 Å². The molecule has 0 saturated carbocycles. The summed E-state index contributed by atoms with van der Waals surface area (Å²) >= 11 is 0. The van der Waals surface area contributed by atoms with Crippen LogP contribution in [0.1, 0.15) is 18.9 Å². The Bertz CT molecular complexity index is 334. The van der Waals surface area contributed by atoms with Gasteiger partial charge in [0.2, 0.25) is 5.91 Å². The Morgan fingerprint density at radius 3 is 2.79 bits per heavy atom. The molecular formula is C11H15NO2. The van der Waals surface area contributed by atoms with Crippen molar-refractivity contribution in [2.24, 2.45) is 0 Å². The van der Waals surface area contributed by atoms with Gasteiger partial charge in [0, 0.05) is 6.42 Å². The highest BCUT2D eigenvalue weighted by molar-refractivity contribution is 5.92. The Balaban J connectivity index is 2.93. The zero-order chi connectivity index (χ0) is 10.6. The first-order valence-electron chi connectivity index (χ1n) is 4.62. The first-order chi connectivity index (χ1) is 6.67. The van der Waals surface area contributed by atoms with Crippen molar-refractivity contribution < 1.29 is 9.53 Å². The first kappa shape index (κ1) is 10.6. The van der Waals surface area contributed by atoms with Crippen molar-refractivity contribution in [2.45, 2.75) is 20.3 Å². The second-order valence-electron chi connectivity index (χ2n) is 3.11. The fourth-order valence-corrected chi connectivity index (χ4v) is 1.16. The summed E-state index contributed by atoms with van der Waals surface area (Å²) in [4.78, 5) is 11.2. The minimum absolute atomic E-state index is 0.00565. The highest BCUT2D eigenvalue weighted by Gasteiger charge is 2.05. The molecule has 3 nitrogen and oxygen atoms in total. The molecule has 0 heterocycles. The van der Waals surface area contributed by atoms with Crippen LogP contribution >= 0.6 is 0 Å². The van der Waals surface area contributed by atoms with Crippen molar-refractivity contribution in [3.05, 3.63) is 23.8 Å². The van der Waals surface area contributed by atoms with Gasteiger partial charge in [-0.15, -0.1) is 0 Å². The second kappa shape index (κ2) is 4.65. The third kappa shape index (κ3) is 2.49. The molecule has 0 saturated heterocycles. The number of methoxy groups -OCH3 is 1. The Morgan fingerprint density at radius 2 is 2.21 bits per heavy atom. The predicted molar refractivity (Wildman–Crippen MR) is 56.7 cm³/mol. The molecule has 14 heavy (non-hydrogen) atoms. The number of aryl methyl sites for hydroxylation is 1. The molecule has 0 aliphatic heterocycles. The Labute approximate surface area is 84.1 Å². The molecule has 76 valence electrons. The van der Waals surface area contributed by atoms with E-state index in [9.17, 15) is 4.79 Å². The van der Waals surface area contributed by atoms with Gasteiger partial charge in [-0.05, 0) is 24.6 Å². The number of nitrogens with one attached hydrogen (secondary N) is 1. The van der Waals surface area contributed by atoms with E-state index in [1.165, 1.54) is 0 Å². The van der Waals surface area contributed by atoms with Gasteiger partial charge < -0.3 is 10.1 Å². The van der Waals surface area contributed by atoms with Gasteiger partial charge in [0.25, 0.3) is 0 Å². The molecule has 0 atom stereocenters. The number of carbonyl (C=O) groups excluding carboxylic acids is 1. The van der Waals surface area contributed by atoms with Gasteiger partial charge in [-0.2, -0.15) is 0 Å². The summed E-state index contributed by atoms with van der Waals surface area (Å²) < 4.78 is 5.13. The fourth-order valence-electron chi connectivity index (χ4n) is 1.16. The monoisotopic (exact) mass is 193 g/mol. The van der Waals surface area contributed by atoms with Crippen LogP contribution in [0.4, 0.5) is 5.69 Å². The van der Waals surface area contributed by atoms with Gasteiger partial charge in [-0.3, -0.25) is 4.79 Å². The maximum atomic E-state index is 11.2. The molecule has 0 spiro atoms. The molecule has 0 unspecified atom stereocenters. The minimum Gasteiger partial charge on any atom is -0.495 e. The summed E-state index contributed by atoms with van der Waals surface area (Å²) in [6.45, 7) is 3.79. The van der Waals surface area contributed by atoms with Crippen LogP contribution in [0.15, 0.2) is 18.2 Å². The van der Waals surface area contributed by atoms with Crippen LogP contribution in [0.25, 0.3) is 0 Å². The van der Waals surface area contributed by atoms with Crippen molar-refractivity contribution in [2.75, 3.05) is 12.4 Å². The van der Waals surface area contributed by atoms with Crippen molar-refractivity contribution in [1.82, 2.24) is 0 Å². The van der Waals surface area contributed by atoms with Crippen LogP contribution in [0.3, 0.4) is 0 Å². The smallest absolute Gasteiger partial charge is 0.224 e. The minimum atomic E-state index is -0.00565. The third-order valence-corrected chi connectivity index (χ3v) is 1.95. The summed E-state index contributed by atoms with van der Waals surface area (Å²) in [5.41, 5.74) is 1.83. The number of anilines is 1. The van der Waals surface area contributed by atoms with E-state index >= 15 is 0 Å². The van der Waals surface area contributed by atoms with Gasteiger partial charge >= 0.3 is 0 Å². The van der Waals surface area contributed by atoms with E-state index in [4.69, 9.17) is 4.74 Å². The number of amides is 1. The topological polar surface area (TPSA) is 38.3 Å². The molecule has 3 heteroatoms. The standard InChI is InChI=1S/C11H15NO2/c1-4-11(13)12-9-7-8(2)5-6-10(9)14-3/h5-7H,4H2,1-3H3,(H,12,13). The van der Waals surface area contributed by atoms with Crippen LogP contribution in [0, 0.1) is 6.92 Å². The summed E-state index contributed by atoms with van der Waals surface area (Å²) in [5, 5.41) is 2.79. The Morgan fingerprint density at radius 1 is 1.50 bits per heavy atom. The van der Waals surface area contributed by atoms with E-state index in [2.05, 4.69) is 5.32 Å². The number of hydrogen-bond donors (Lipinski definition) is 1. The van der Waals surface area contributed by atoms with E-state index in [1.54, 1.807) is 7.11 Å². The van der Waals surface area contributed by atoms with Crippen molar-refractivity contribution in [3.8, 4) is 5.75 Å². The normalized spacial score (nSPS) is 9.64. The fraction of sp³-hybridized carbons (Fsp3) is 0.364. The van der Waals surface area contributed by atoms with E-state index < -0.39 is 0 Å². The molecule has 0 radical (unpaired) electrons. The van der Waals surface area contributed by atoms with Crippen molar-refractivity contribution >= 4 is 11.6 Å². The highest BCUT2D eigenvalue weighted by atomic mass is 16.5. The zero-order valence-electron chi connectivity index (χ0n) is 8.76. The van der Waals surface area contributed by atoms with Crippen molar-refractivity contribution in [3.63, 3.8) is 0 Å². The molecule has 1 rings (SSSR count). The summed E-state index contributed by atoms with van der Waals surface area (Å²) in [6, 6.07) is 5.69. The lowest BCUT2D eigenvalue weighted by molar-refractivity contribution is -0.115. The van der Waals surface area contributed by atoms with Gasteiger partial charge in [-0.25, -0.2) is 0 Å². The number of hydrogen-bond acceptors (Lipinski definition) is 2. The molecule has 1 amide bonds. The summed E-state index contributed by atoms with van der Waals surface area (Å²) in [7, 11) is 1.59. The van der Waals surface area contributed by atoms with Crippen LogP contribution < -0.4 is 10.1 Å². The van der Waals surface area contributed by atoms with E-state index in [0.29, 0.717) is 12.2 Å². The molecule has 0 aromatic heterocycles. The van der Waals surface area contributed by atoms with Gasteiger partial charge in [-0.1, -0.05) is 13.0 Å².